The Hall–Kier alpha value is -1.53. The molecule has 1 aromatic heterocycles. The Morgan fingerprint density at radius 2 is 1.47 bits per heavy atom. The molecular formula is C24H39N5O. The predicted molar refractivity (Wildman–Crippen MR) is 121 cm³/mol. The molecule has 0 radical (unpaired) electrons. The van der Waals surface area contributed by atoms with Crippen molar-refractivity contribution in [2.45, 2.75) is 90.4 Å². The molecule has 166 valence electrons. The summed E-state index contributed by atoms with van der Waals surface area (Å²) in [6.07, 6.45) is 8.81. The van der Waals surface area contributed by atoms with Crippen molar-refractivity contribution in [1.82, 2.24) is 19.8 Å². The molecule has 1 aromatic rings. The first kappa shape index (κ1) is 21.7. The number of ketones is 1. The molecule has 0 saturated carbocycles. The number of anilines is 1. The first-order chi connectivity index (χ1) is 14.3. The van der Waals surface area contributed by atoms with Gasteiger partial charge in [-0.15, -0.1) is 0 Å². The maximum absolute atomic E-state index is 12.3. The molecule has 0 aliphatic carbocycles. The van der Waals surface area contributed by atoms with E-state index in [4.69, 9.17) is 9.97 Å². The van der Waals surface area contributed by atoms with Crippen molar-refractivity contribution in [3.05, 3.63) is 18.0 Å². The Kier molecular flexibility index (Phi) is 6.44. The van der Waals surface area contributed by atoms with Gasteiger partial charge in [-0.25, -0.2) is 9.97 Å². The lowest BCUT2D eigenvalue weighted by molar-refractivity contribution is -0.127. The zero-order valence-corrected chi connectivity index (χ0v) is 19.4. The van der Waals surface area contributed by atoms with Gasteiger partial charge in [0.25, 0.3) is 0 Å². The lowest BCUT2D eigenvalue weighted by atomic mass is 9.89. The average Bonchev–Trinajstić information content (AvgIpc) is 3.01. The minimum atomic E-state index is 0.0320. The van der Waals surface area contributed by atoms with E-state index >= 15 is 0 Å². The van der Waals surface area contributed by atoms with Crippen LogP contribution in [0.3, 0.4) is 0 Å². The number of aromatic nitrogens is 2. The molecule has 0 aromatic carbocycles. The van der Waals surface area contributed by atoms with E-state index < -0.39 is 0 Å². The number of nitrogens with zero attached hydrogens (tertiary/aromatic N) is 5. The summed E-state index contributed by atoms with van der Waals surface area (Å²) in [4.78, 5) is 29.4. The largest absolute Gasteiger partial charge is 0.332 e. The highest BCUT2D eigenvalue weighted by Gasteiger charge is 2.41. The Bertz CT molecular complexity index is 712. The van der Waals surface area contributed by atoms with Crippen LogP contribution in [0.2, 0.25) is 0 Å². The van der Waals surface area contributed by atoms with Gasteiger partial charge in [-0.05, 0) is 71.0 Å². The molecule has 4 heterocycles. The number of piperazine rings is 1. The van der Waals surface area contributed by atoms with Crippen LogP contribution in [0, 0.1) is 5.92 Å². The van der Waals surface area contributed by atoms with Gasteiger partial charge in [-0.2, -0.15) is 0 Å². The molecule has 3 atom stereocenters. The smallest absolute Gasteiger partial charge is 0.225 e. The van der Waals surface area contributed by atoms with Gasteiger partial charge in [0.05, 0.1) is 6.04 Å². The van der Waals surface area contributed by atoms with E-state index in [1.165, 1.54) is 18.4 Å². The Morgan fingerprint density at radius 3 is 1.97 bits per heavy atom. The van der Waals surface area contributed by atoms with E-state index in [0.29, 0.717) is 29.8 Å². The van der Waals surface area contributed by atoms with E-state index in [1.54, 1.807) is 0 Å². The summed E-state index contributed by atoms with van der Waals surface area (Å²) < 4.78 is 0. The summed E-state index contributed by atoms with van der Waals surface area (Å²) in [5, 5.41) is 0. The van der Waals surface area contributed by atoms with Crippen LogP contribution in [0.4, 0.5) is 5.95 Å². The van der Waals surface area contributed by atoms with Gasteiger partial charge < -0.3 is 4.90 Å². The maximum Gasteiger partial charge on any atom is 0.225 e. The van der Waals surface area contributed by atoms with E-state index in [1.807, 2.05) is 13.8 Å². The number of likely N-dealkylation sites (tertiary alicyclic amines) is 2. The molecule has 3 aliphatic heterocycles. The quantitative estimate of drug-likeness (QED) is 0.713. The molecule has 3 saturated heterocycles. The Morgan fingerprint density at radius 1 is 0.900 bits per heavy atom. The normalized spacial score (nSPS) is 27.2. The second-order valence-corrected chi connectivity index (χ2v) is 10.2. The average molecular weight is 414 g/mol. The summed E-state index contributed by atoms with van der Waals surface area (Å²) in [5.41, 5.74) is 1.26. The van der Waals surface area contributed by atoms with Gasteiger partial charge in [0.1, 0.15) is 0 Å². The summed E-state index contributed by atoms with van der Waals surface area (Å²) in [6, 6.07) is 1.76. The molecule has 30 heavy (non-hydrogen) atoms. The minimum Gasteiger partial charge on any atom is -0.332 e. The van der Waals surface area contributed by atoms with Crippen LogP contribution in [0.5, 0.6) is 0 Å². The van der Waals surface area contributed by atoms with Crippen LogP contribution in [0.1, 0.15) is 71.8 Å². The SMILES string of the molecule is CC(C)C(=O)[C@H](C)N1CCC(c2cnc(N3C4CCC3CN(C(C)C)C4)nc2)CC1. The number of carbonyl (C=O) groups is 1. The highest BCUT2D eigenvalue weighted by molar-refractivity contribution is 5.85. The van der Waals surface area contributed by atoms with Crippen LogP contribution >= 0.6 is 0 Å². The van der Waals surface area contributed by atoms with E-state index in [0.717, 1.165) is 45.0 Å². The molecule has 4 rings (SSSR count). The van der Waals surface area contributed by atoms with Gasteiger partial charge in [0, 0.05) is 49.5 Å². The zero-order chi connectivity index (χ0) is 21.4. The number of hydrogen-bond acceptors (Lipinski definition) is 6. The van der Waals surface area contributed by atoms with Crippen LogP contribution in [0.15, 0.2) is 12.4 Å². The standard InChI is InChI=1S/C24H39N5O/c1-16(2)23(30)18(5)27-10-8-19(9-11-27)20-12-25-24(26-13-20)29-21-6-7-22(29)15-28(14-21)17(3)4/h12-13,16-19,21-22H,6-11,14-15H2,1-5H3/t18-,21?,22?/m0/s1. The molecule has 0 spiro atoms. The van der Waals surface area contributed by atoms with Gasteiger partial charge in [0.2, 0.25) is 5.95 Å². The molecular weight excluding hydrogens is 374 g/mol. The third-order valence-electron chi connectivity index (χ3n) is 7.66. The van der Waals surface area contributed by atoms with Crippen molar-refractivity contribution in [2.75, 3.05) is 31.1 Å². The van der Waals surface area contributed by atoms with Gasteiger partial charge >= 0.3 is 0 Å². The lowest BCUT2D eigenvalue weighted by Gasteiger charge is -2.42. The number of hydrogen-bond donors (Lipinski definition) is 0. The molecule has 2 bridgehead atoms. The fourth-order valence-electron chi connectivity index (χ4n) is 5.64. The van der Waals surface area contributed by atoms with E-state index in [-0.39, 0.29) is 12.0 Å². The third kappa shape index (κ3) is 4.26. The summed E-state index contributed by atoms with van der Waals surface area (Å²) in [6.45, 7) is 14.9. The highest BCUT2D eigenvalue weighted by atomic mass is 16.1. The fraction of sp³-hybridized carbons (Fsp3) is 0.792. The number of carbonyl (C=O) groups excluding carboxylic acids is 1. The van der Waals surface area contributed by atoms with Crippen molar-refractivity contribution in [1.29, 1.82) is 0 Å². The van der Waals surface area contributed by atoms with Gasteiger partial charge in [0.15, 0.2) is 5.78 Å². The maximum atomic E-state index is 12.3. The van der Waals surface area contributed by atoms with Gasteiger partial charge in [-0.3, -0.25) is 14.6 Å². The third-order valence-corrected chi connectivity index (χ3v) is 7.66. The monoisotopic (exact) mass is 413 g/mol. The molecule has 3 fully saturated rings. The topological polar surface area (TPSA) is 52.6 Å². The first-order valence-corrected chi connectivity index (χ1v) is 12.0. The summed E-state index contributed by atoms with van der Waals surface area (Å²) in [5.74, 6) is 1.89. The summed E-state index contributed by atoms with van der Waals surface area (Å²) in [7, 11) is 0. The van der Waals surface area contributed by atoms with E-state index in [2.05, 4.69) is 47.9 Å². The molecule has 6 nitrogen and oxygen atoms in total. The van der Waals surface area contributed by atoms with E-state index in [9.17, 15) is 4.79 Å². The number of fused-ring (bicyclic) bond motifs is 2. The van der Waals surface area contributed by atoms with Crippen LogP contribution in [-0.2, 0) is 4.79 Å². The van der Waals surface area contributed by atoms with Crippen LogP contribution in [0.25, 0.3) is 0 Å². The van der Waals surface area contributed by atoms with Crippen molar-refractivity contribution >= 4 is 11.7 Å². The number of rotatable bonds is 6. The highest BCUT2D eigenvalue weighted by Crippen LogP contribution is 2.34. The fourth-order valence-corrected chi connectivity index (χ4v) is 5.64. The van der Waals surface area contributed by atoms with Crippen molar-refractivity contribution in [3.63, 3.8) is 0 Å². The van der Waals surface area contributed by atoms with Crippen molar-refractivity contribution in [2.24, 2.45) is 5.92 Å². The molecule has 0 N–H and O–H groups in total. The second kappa shape index (κ2) is 8.91. The first-order valence-electron chi connectivity index (χ1n) is 12.0. The molecule has 3 aliphatic rings. The Balaban J connectivity index is 1.36. The zero-order valence-electron chi connectivity index (χ0n) is 19.4. The van der Waals surface area contributed by atoms with Crippen LogP contribution in [-0.4, -0.2) is 75.9 Å². The Labute approximate surface area is 182 Å². The molecule has 2 unspecified atom stereocenters. The van der Waals surface area contributed by atoms with Crippen molar-refractivity contribution < 1.29 is 4.79 Å². The number of piperidine rings is 1. The van der Waals surface area contributed by atoms with Gasteiger partial charge in [-0.1, -0.05) is 13.8 Å². The summed E-state index contributed by atoms with van der Waals surface area (Å²) >= 11 is 0. The van der Waals surface area contributed by atoms with Crippen LogP contribution < -0.4 is 4.90 Å². The lowest BCUT2D eigenvalue weighted by Crippen LogP contribution is -2.56. The van der Waals surface area contributed by atoms with Crippen molar-refractivity contribution in [3.8, 4) is 0 Å². The second-order valence-electron chi connectivity index (χ2n) is 10.2. The molecule has 0 amide bonds. The predicted octanol–water partition coefficient (Wildman–Crippen LogP) is 3.33. The minimum absolute atomic E-state index is 0.0320. The number of Topliss-reactive ketones (excluding diaryl/α,β-unsaturated/α-hetero) is 1. The molecule has 6 heteroatoms.